The molecule has 2 aliphatic heterocycles. The number of ether oxygens (including phenoxy) is 1. The number of fused-ring (bicyclic) bond motifs is 1. The van der Waals surface area contributed by atoms with Crippen LogP contribution < -0.4 is 0 Å². The van der Waals surface area contributed by atoms with Gasteiger partial charge in [-0.25, -0.2) is 9.18 Å². The number of carboxylic acid groups (broad SMARTS) is 1. The van der Waals surface area contributed by atoms with Crippen LogP contribution in [-0.2, 0) is 4.74 Å². The number of amides is 1. The van der Waals surface area contributed by atoms with E-state index in [9.17, 15) is 9.18 Å². The van der Waals surface area contributed by atoms with Crippen molar-refractivity contribution >= 4 is 6.09 Å². The molecule has 1 N–H and O–H groups in total. The Morgan fingerprint density at radius 1 is 1.43 bits per heavy atom. The zero-order chi connectivity index (χ0) is 16.6. The standard InChI is InChI=1S/C16H18FN3O3/c1-10-12(2-3-14(17)13(10)6-18)15-8-19-4-5-20(16(21)22)7-11(19)9-23-15/h2-3,11,15H,4-5,7-9H2,1H3,(H,21,22). The predicted octanol–water partition coefficient (Wildman–Crippen LogP) is 1.74. The third kappa shape index (κ3) is 2.87. The number of hydrogen-bond acceptors (Lipinski definition) is 4. The topological polar surface area (TPSA) is 76.8 Å². The molecular formula is C16H18FN3O3. The molecule has 2 aliphatic rings. The summed E-state index contributed by atoms with van der Waals surface area (Å²) < 4.78 is 19.5. The van der Waals surface area contributed by atoms with E-state index in [1.165, 1.54) is 11.0 Å². The summed E-state index contributed by atoms with van der Waals surface area (Å²) in [6.45, 7) is 4.35. The van der Waals surface area contributed by atoms with Gasteiger partial charge in [-0.3, -0.25) is 4.90 Å². The number of carbonyl (C=O) groups is 1. The Labute approximate surface area is 133 Å². The van der Waals surface area contributed by atoms with Crippen LogP contribution in [0.25, 0.3) is 0 Å². The van der Waals surface area contributed by atoms with Crippen molar-refractivity contribution in [2.45, 2.75) is 19.1 Å². The first-order valence-corrected chi connectivity index (χ1v) is 7.54. The summed E-state index contributed by atoms with van der Waals surface area (Å²) in [4.78, 5) is 14.7. The molecule has 0 bridgehead atoms. The van der Waals surface area contributed by atoms with Crippen molar-refractivity contribution in [3.8, 4) is 6.07 Å². The molecule has 0 saturated carbocycles. The van der Waals surface area contributed by atoms with E-state index in [2.05, 4.69) is 4.90 Å². The van der Waals surface area contributed by atoms with Crippen LogP contribution in [0, 0.1) is 24.1 Å². The van der Waals surface area contributed by atoms with Crippen LogP contribution in [-0.4, -0.2) is 59.8 Å². The average Bonchev–Trinajstić information content (AvgIpc) is 2.54. The van der Waals surface area contributed by atoms with Crippen LogP contribution in [0.1, 0.15) is 22.8 Å². The number of rotatable bonds is 1. The first-order valence-electron chi connectivity index (χ1n) is 7.54. The lowest BCUT2D eigenvalue weighted by atomic mass is 9.96. The zero-order valence-corrected chi connectivity index (χ0v) is 12.8. The quantitative estimate of drug-likeness (QED) is 0.853. The maximum absolute atomic E-state index is 13.7. The highest BCUT2D eigenvalue weighted by atomic mass is 19.1. The number of benzene rings is 1. The van der Waals surface area contributed by atoms with E-state index < -0.39 is 11.9 Å². The van der Waals surface area contributed by atoms with E-state index in [1.807, 2.05) is 6.07 Å². The molecule has 2 unspecified atom stereocenters. The van der Waals surface area contributed by atoms with Gasteiger partial charge in [0.05, 0.1) is 24.3 Å². The van der Waals surface area contributed by atoms with Crippen molar-refractivity contribution in [3.05, 3.63) is 34.6 Å². The van der Waals surface area contributed by atoms with E-state index in [0.717, 1.165) is 5.56 Å². The average molecular weight is 319 g/mol. The molecule has 1 aromatic carbocycles. The minimum absolute atomic E-state index is 0.0484. The summed E-state index contributed by atoms with van der Waals surface area (Å²) in [5.74, 6) is -0.516. The molecule has 2 heterocycles. The fraction of sp³-hybridized carbons (Fsp3) is 0.500. The van der Waals surface area contributed by atoms with Crippen molar-refractivity contribution in [2.75, 3.05) is 32.8 Å². The number of hydrogen-bond donors (Lipinski definition) is 1. The maximum atomic E-state index is 13.7. The van der Waals surface area contributed by atoms with Gasteiger partial charge in [0.25, 0.3) is 0 Å². The fourth-order valence-corrected chi connectivity index (χ4v) is 3.33. The van der Waals surface area contributed by atoms with Crippen LogP contribution in [0.3, 0.4) is 0 Å². The molecule has 0 spiro atoms. The molecule has 3 rings (SSSR count). The summed E-state index contributed by atoms with van der Waals surface area (Å²) in [6.07, 6.45) is -1.13. The third-order valence-electron chi connectivity index (χ3n) is 4.68. The van der Waals surface area contributed by atoms with Crippen molar-refractivity contribution in [2.24, 2.45) is 0 Å². The second-order valence-corrected chi connectivity index (χ2v) is 5.95. The van der Waals surface area contributed by atoms with Gasteiger partial charge >= 0.3 is 6.09 Å². The molecule has 2 saturated heterocycles. The lowest BCUT2D eigenvalue weighted by molar-refractivity contribution is -0.0868. The van der Waals surface area contributed by atoms with Gasteiger partial charge in [-0.1, -0.05) is 6.07 Å². The molecular weight excluding hydrogens is 301 g/mol. The monoisotopic (exact) mass is 319 g/mol. The molecule has 7 heteroatoms. The normalized spacial score (nSPS) is 24.8. The van der Waals surface area contributed by atoms with Gasteiger partial charge in [0.2, 0.25) is 0 Å². The highest BCUT2D eigenvalue weighted by Crippen LogP contribution is 2.30. The molecule has 122 valence electrons. The van der Waals surface area contributed by atoms with E-state index >= 15 is 0 Å². The molecule has 2 atom stereocenters. The summed E-state index contributed by atoms with van der Waals surface area (Å²) in [5, 5.41) is 18.2. The number of nitriles is 1. The Bertz CT molecular complexity index is 673. The first kappa shape index (κ1) is 15.7. The van der Waals surface area contributed by atoms with Crippen LogP contribution in [0.2, 0.25) is 0 Å². The summed E-state index contributed by atoms with van der Waals surface area (Å²) >= 11 is 0. The summed E-state index contributed by atoms with van der Waals surface area (Å²) in [7, 11) is 0. The molecule has 0 aromatic heterocycles. The largest absolute Gasteiger partial charge is 0.465 e. The Morgan fingerprint density at radius 3 is 2.91 bits per heavy atom. The number of halogens is 1. The predicted molar refractivity (Wildman–Crippen MR) is 79.5 cm³/mol. The molecule has 0 radical (unpaired) electrons. The Balaban J connectivity index is 1.77. The van der Waals surface area contributed by atoms with Crippen LogP contribution in [0.5, 0.6) is 0 Å². The van der Waals surface area contributed by atoms with Gasteiger partial charge in [-0.05, 0) is 24.1 Å². The molecule has 2 fully saturated rings. The molecule has 1 aromatic rings. The summed E-state index contributed by atoms with van der Waals surface area (Å²) in [5.41, 5.74) is 1.49. The second kappa shape index (κ2) is 6.14. The Morgan fingerprint density at radius 2 is 2.22 bits per heavy atom. The van der Waals surface area contributed by atoms with Gasteiger partial charge in [-0.2, -0.15) is 5.26 Å². The molecule has 0 aliphatic carbocycles. The SMILES string of the molecule is Cc1c(C2CN3CCN(C(=O)O)CC3CO2)ccc(F)c1C#N. The lowest BCUT2D eigenvalue weighted by Crippen LogP contribution is -2.59. The van der Waals surface area contributed by atoms with E-state index in [-0.39, 0.29) is 17.7 Å². The van der Waals surface area contributed by atoms with Crippen molar-refractivity contribution in [3.63, 3.8) is 0 Å². The Hall–Kier alpha value is -2.17. The smallest absolute Gasteiger partial charge is 0.407 e. The number of nitrogens with zero attached hydrogens (tertiary/aromatic N) is 3. The zero-order valence-electron chi connectivity index (χ0n) is 12.8. The fourth-order valence-electron chi connectivity index (χ4n) is 3.33. The summed E-state index contributed by atoms with van der Waals surface area (Å²) in [6, 6.07) is 4.92. The van der Waals surface area contributed by atoms with E-state index in [4.69, 9.17) is 15.1 Å². The highest BCUT2D eigenvalue weighted by molar-refractivity contribution is 5.65. The highest BCUT2D eigenvalue weighted by Gasteiger charge is 2.36. The second-order valence-electron chi connectivity index (χ2n) is 5.95. The van der Waals surface area contributed by atoms with E-state index in [0.29, 0.717) is 38.3 Å². The van der Waals surface area contributed by atoms with E-state index in [1.54, 1.807) is 13.0 Å². The minimum atomic E-state index is -0.903. The van der Waals surface area contributed by atoms with Gasteiger partial charge in [-0.15, -0.1) is 0 Å². The van der Waals surface area contributed by atoms with Crippen molar-refractivity contribution < 1.29 is 19.0 Å². The first-order chi connectivity index (χ1) is 11.0. The van der Waals surface area contributed by atoms with Gasteiger partial charge in [0.1, 0.15) is 11.9 Å². The lowest BCUT2D eigenvalue weighted by Gasteiger charge is -2.45. The van der Waals surface area contributed by atoms with Crippen molar-refractivity contribution in [1.29, 1.82) is 5.26 Å². The molecule has 23 heavy (non-hydrogen) atoms. The van der Waals surface area contributed by atoms with Gasteiger partial charge < -0.3 is 14.7 Å². The Kier molecular flexibility index (Phi) is 4.20. The third-order valence-corrected chi connectivity index (χ3v) is 4.68. The number of piperazine rings is 1. The van der Waals surface area contributed by atoms with Crippen LogP contribution in [0.4, 0.5) is 9.18 Å². The van der Waals surface area contributed by atoms with Gasteiger partial charge in [0.15, 0.2) is 0 Å². The number of morpholine rings is 1. The minimum Gasteiger partial charge on any atom is -0.465 e. The molecule has 1 amide bonds. The maximum Gasteiger partial charge on any atom is 0.407 e. The van der Waals surface area contributed by atoms with Crippen molar-refractivity contribution in [1.82, 2.24) is 9.80 Å². The van der Waals surface area contributed by atoms with Gasteiger partial charge in [0, 0.05) is 26.2 Å². The molecule has 6 nitrogen and oxygen atoms in total. The van der Waals surface area contributed by atoms with Crippen LogP contribution >= 0.6 is 0 Å². The van der Waals surface area contributed by atoms with Crippen LogP contribution in [0.15, 0.2) is 12.1 Å².